The van der Waals surface area contributed by atoms with Crippen molar-refractivity contribution in [3.05, 3.63) is 35.0 Å². The maximum atomic E-state index is 8.99. The van der Waals surface area contributed by atoms with Crippen molar-refractivity contribution in [1.82, 2.24) is 4.57 Å². The number of aromatic nitrogens is 1. The molecule has 2 aromatic rings. The minimum atomic E-state index is -0.261. The van der Waals surface area contributed by atoms with Gasteiger partial charge in [0.2, 0.25) is 0 Å². The normalized spacial score (nSPS) is 13.2. The van der Waals surface area contributed by atoms with Gasteiger partial charge < -0.3 is 15.4 Å². The quantitative estimate of drug-likeness (QED) is 0.855. The average molecular weight is 239 g/mol. The summed E-state index contributed by atoms with van der Waals surface area (Å²) in [4.78, 5) is 0. The largest absolute Gasteiger partial charge is 0.395 e. The van der Waals surface area contributed by atoms with Crippen LogP contribution in [0.1, 0.15) is 5.56 Å². The van der Waals surface area contributed by atoms with Gasteiger partial charge >= 0.3 is 0 Å². The van der Waals surface area contributed by atoms with E-state index in [9.17, 15) is 0 Å². The van der Waals surface area contributed by atoms with E-state index in [1.807, 2.05) is 35.9 Å². The van der Waals surface area contributed by atoms with E-state index < -0.39 is 0 Å². The highest BCUT2D eigenvalue weighted by atomic mass is 35.5. The Morgan fingerprint density at radius 2 is 2.12 bits per heavy atom. The average Bonchev–Trinajstić information content (AvgIpc) is 2.55. The summed E-state index contributed by atoms with van der Waals surface area (Å²) in [7, 11) is 1.93. The first-order valence-electron chi connectivity index (χ1n) is 5.23. The molecule has 16 heavy (non-hydrogen) atoms. The fraction of sp³-hybridized carbons (Fsp3) is 0.333. The van der Waals surface area contributed by atoms with Gasteiger partial charge in [-0.3, -0.25) is 0 Å². The molecule has 86 valence electrons. The van der Waals surface area contributed by atoms with Crippen LogP contribution in [0.25, 0.3) is 10.9 Å². The first kappa shape index (κ1) is 11.5. The van der Waals surface area contributed by atoms with Gasteiger partial charge in [0.1, 0.15) is 5.15 Å². The number of nitrogens with two attached hydrogens (primary N) is 1. The zero-order valence-electron chi connectivity index (χ0n) is 9.15. The predicted molar refractivity (Wildman–Crippen MR) is 66.7 cm³/mol. The Balaban J connectivity index is 2.55. The Hall–Kier alpha value is -1.03. The molecule has 0 radical (unpaired) electrons. The molecular formula is C12H15ClN2O. The summed E-state index contributed by atoms with van der Waals surface area (Å²) in [6.45, 7) is -0.0282. The molecule has 1 heterocycles. The molecule has 0 aliphatic heterocycles. The van der Waals surface area contributed by atoms with Crippen molar-refractivity contribution < 1.29 is 5.11 Å². The van der Waals surface area contributed by atoms with Gasteiger partial charge in [0, 0.05) is 24.0 Å². The van der Waals surface area contributed by atoms with Crippen LogP contribution in [0.15, 0.2) is 24.3 Å². The van der Waals surface area contributed by atoms with Crippen LogP contribution in [0.3, 0.4) is 0 Å². The molecule has 0 aliphatic rings. The van der Waals surface area contributed by atoms with Crippen LogP contribution < -0.4 is 5.73 Å². The smallest absolute Gasteiger partial charge is 0.113 e. The number of aliphatic hydroxyl groups is 1. The summed E-state index contributed by atoms with van der Waals surface area (Å²) in [5.74, 6) is 0. The number of hydrogen-bond acceptors (Lipinski definition) is 2. The maximum absolute atomic E-state index is 8.99. The number of halogens is 1. The lowest BCUT2D eigenvalue weighted by atomic mass is 10.1. The molecule has 0 spiro atoms. The van der Waals surface area contributed by atoms with Crippen molar-refractivity contribution >= 4 is 22.5 Å². The van der Waals surface area contributed by atoms with E-state index in [4.69, 9.17) is 22.4 Å². The van der Waals surface area contributed by atoms with E-state index in [-0.39, 0.29) is 12.6 Å². The van der Waals surface area contributed by atoms with Gasteiger partial charge in [-0.15, -0.1) is 0 Å². The second-order valence-electron chi connectivity index (χ2n) is 3.99. The molecule has 0 saturated carbocycles. The fourth-order valence-corrected chi connectivity index (χ4v) is 2.23. The zero-order valence-corrected chi connectivity index (χ0v) is 9.91. The summed E-state index contributed by atoms with van der Waals surface area (Å²) >= 11 is 6.26. The summed E-state index contributed by atoms with van der Waals surface area (Å²) < 4.78 is 1.94. The fourth-order valence-electron chi connectivity index (χ4n) is 1.96. The number of rotatable bonds is 3. The summed E-state index contributed by atoms with van der Waals surface area (Å²) in [5, 5.41) is 10.8. The monoisotopic (exact) mass is 238 g/mol. The van der Waals surface area contributed by atoms with Crippen molar-refractivity contribution in [3.63, 3.8) is 0 Å². The highest BCUT2D eigenvalue weighted by molar-refractivity contribution is 6.32. The van der Waals surface area contributed by atoms with Crippen LogP contribution in [0.2, 0.25) is 5.15 Å². The van der Waals surface area contributed by atoms with Gasteiger partial charge in [-0.25, -0.2) is 0 Å². The van der Waals surface area contributed by atoms with E-state index in [1.165, 1.54) is 0 Å². The Labute approximate surface area is 99.4 Å². The number of aliphatic hydroxyl groups excluding tert-OH is 1. The van der Waals surface area contributed by atoms with Crippen molar-refractivity contribution in [3.8, 4) is 0 Å². The van der Waals surface area contributed by atoms with E-state index in [0.29, 0.717) is 11.6 Å². The number of benzene rings is 1. The second-order valence-corrected chi connectivity index (χ2v) is 4.35. The van der Waals surface area contributed by atoms with Gasteiger partial charge in [-0.05, 0) is 18.1 Å². The molecule has 3 nitrogen and oxygen atoms in total. The SMILES string of the molecule is Cn1c(Cl)c(CC(N)CO)c2ccccc21. The Morgan fingerprint density at radius 1 is 1.44 bits per heavy atom. The van der Waals surface area contributed by atoms with E-state index in [2.05, 4.69) is 0 Å². The molecule has 1 aromatic heterocycles. The molecule has 0 fully saturated rings. The van der Waals surface area contributed by atoms with Gasteiger partial charge in [0.15, 0.2) is 0 Å². The lowest BCUT2D eigenvalue weighted by molar-refractivity contribution is 0.265. The molecule has 1 unspecified atom stereocenters. The Morgan fingerprint density at radius 3 is 2.81 bits per heavy atom. The van der Waals surface area contributed by atoms with Gasteiger partial charge in [0.05, 0.1) is 6.61 Å². The van der Waals surface area contributed by atoms with Crippen LogP contribution in [-0.2, 0) is 13.5 Å². The van der Waals surface area contributed by atoms with Gasteiger partial charge in [-0.1, -0.05) is 29.8 Å². The molecule has 0 bridgehead atoms. The van der Waals surface area contributed by atoms with Crippen LogP contribution >= 0.6 is 11.6 Å². The molecule has 0 amide bonds. The Bertz CT molecular complexity index is 507. The highest BCUT2D eigenvalue weighted by Crippen LogP contribution is 2.29. The van der Waals surface area contributed by atoms with E-state index in [1.54, 1.807) is 0 Å². The first-order valence-corrected chi connectivity index (χ1v) is 5.61. The molecule has 2 rings (SSSR count). The number of hydrogen-bond donors (Lipinski definition) is 2. The minimum absolute atomic E-state index is 0.0282. The topological polar surface area (TPSA) is 51.2 Å². The van der Waals surface area contributed by atoms with E-state index in [0.717, 1.165) is 16.5 Å². The molecular weight excluding hydrogens is 224 g/mol. The molecule has 3 N–H and O–H groups in total. The van der Waals surface area contributed by atoms with Crippen LogP contribution in [-0.4, -0.2) is 22.3 Å². The lowest BCUT2D eigenvalue weighted by Crippen LogP contribution is -2.26. The Kier molecular flexibility index (Phi) is 3.19. The third-order valence-corrected chi connectivity index (χ3v) is 3.32. The second kappa shape index (κ2) is 4.45. The summed E-state index contributed by atoms with van der Waals surface area (Å²) in [5.41, 5.74) is 7.86. The standard InChI is InChI=1S/C12H15ClN2O/c1-15-11-5-3-2-4-9(11)10(12(15)13)6-8(14)7-16/h2-5,8,16H,6-7,14H2,1H3. The third-order valence-electron chi connectivity index (χ3n) is 2.83. The van der Waals surface area contributed by atoms with Crippen molar-refractivity contribution in [2.24, 2.45) is 12.8 Å². The predicted octanol–water partition coefficient (Wildman–Crippen LogP) is 1.69. The zero-order chi connectivity index (χ0) is 11.7. The van der Waals surface area contributed by atoms with Crippen LogP contribution in [0.4, 0.5) is 0 Å². The maximum Gasteiger partial charge on any atom is 0.113 e. The van der Waals surface area contributed by atoms with E-state index >= 15 is 0 Å². The van der Waals surface area contributed by atoms with Crippen molar-refractivity contribution in [2.45, 2.75) is 12.5 Å². The summed E-state index contributed by atoms with van der Waals surface area (Å²) in [6, 6.07) is 7.75. The number of fused-ring (bicyclic) bond motifs is 1. The molecule has 1 atom stereocenters. The summed E-state index contributed by atoms with van der Waals surface area (Å²) in [6.07, 6.45) is 0.594. The third kappa shape index (κ3) is 1.82. The minimum Gasteiger partial charge on any atom is -0.395 e. The number of nitrogens with zero attached hydrogens (tertiary/aromatic N) is 1. The van der Waals surface area contributed by atoms with Crippen LogP contribution in [0, 0.1) is 0 Å². The number of para-hydroxylation sites is 1. The van der Waals surface area contributed by atoms with Crippen molar-refractivity contribution in [1.29, 1.82) is 0 Å². The number of aryl methyl sites for hydroxylation is 1. The van der Waals surface area contributed by atoms with Crippen molar-refractivity contribution in [2.75, 3.05) is 6.61 Å². The first-order chi connectivity index (χ1) is 7.65. The molecule has 1 aromatic carbocycles. The van der Waals surface area contributed by atoms with Crippen LogP contribution in [0.5, 0.6) is 0 Å². The van der Waals surface area contributed by atoms with Gasteiger partial charge in [0.25, 0.3) is 0 Å². The molecule has 4 heteroatoms. The van der Waals surface area contributed by atoms with Gasteiger partial charge in [-0.2, -0.15) is 0 Å². The lowest BCUT2D eigenvalue weighted by Gasteiger charge is -2.07. The molecule has 0 aliphatic carbocycles. The molecule has 0 saturated heterocycles. The highest BCUT2D eigenvalue weighted by Gasteiger charge is 2.15.